The molecule has 31 heavy (non-hydrogen) atoms. The second-order valence-corrected chi connectivity index (χ2v) is 8.58. The van der Waals surface area contributed by atoms with Crippen molar-refractivity contribution in [3.05, 3.63) is 58.6 Å². The summed E-state index contributed by atoms with van der Waals surface area (Å²) in [5.41, 5.74) is 0.571. The average Bonchev–Trinajstić information content (AvgIpc) is 3.23. The molecule has 7 nitrogen and oxygen atoms in total. The first-order valence-corrected chi connectivity index (χ1v) is 10.8. The lowest BCUT2D eigenvalue weighted by atomic mass is 9.89. The van der Waals surface area contributed by atoms with Crippen LogP contribution in [0.15, 0.2) is 42.5 Å². The molecule has 1 saturated heterocycles. The number of hydrogen-bond donors (Lipinski definition) is 3. The summed E-state index contributed by atoms with van der Waals surface area (Å²) in [5, 5.41) is 25.3. The highest BCUT2D eigenvalue weighted by Crippen LogP contribution is 2.32. The Morgan fingerprint density at radius 2 is 1.90 bits per heavy atom. The van der Waals surface area contributed by atoms with Crippen molar-refractivity contribution in [1.29, 1.82) is 0 Å². The maximum Gasteiger partial charge on any atom is 0.231 e. The molecule has 1 amide bonds. The number of nitrogens with zero attached hydrogens (tertiary/aromatic N) is 1. The lowest BCUT2D eigenvalue weighted by molar-refractivity contribution is -0.150. The second kappa shape index (κ2) is 9.44. The van der Waals surface area contributed by atoms with Gasteiger partial charge in [-0.05, 0) is 54.8 Å². The first kappa shape index (κ1) is 21.9. The Hall–Kier alpha value is -2.32. The molecule has 2 aliphatic rings. The zero-order valence-corrected chi connectivity index (χ0v) is 18.0. The summed E-state index contributed by atoms with van der Waals surface area (Å²) < 4.78 is 10.7. The van der Waals surface area contributed by atoms with Crippen molar-refractivity contribution in [2.75, 3.05) is 33.0 Å². The largest absolute Gasteiger partial charge is 0.454 e. The summed E-state index contributed by atoms with van der Waals surface area (Å²) >= 11 is 5.90. The van der Waals surface area contributed by atoms with E-state index in [9.17, 15) is 15.0 Å². The molecule has 4 rings (SSSR count). The maximum atomic E-state index is 12.7. The van der Waals surface area contributed by atoms with Crippen molar-refractivity contribution in [2.45, 2.75) is 31.0 Å². The lowest BCUT2D eigenvalue weighted by Crippen LogP contribution is -2.62. The van der Waals surface area contributed by atoms with Gasteiger partial charge in [0.2, 0.25) is 12.7 Å². The predicted molar refractivity (Wildman–Crippen MR) is 116 cm³/mol. The Labute approximate surface area is 186 Å². The Bertz CT molecular complexity index is 923. The minimum atomic E-state index is -1.39. The molecule has 8 heteroatoms. The van der Waals surface area contributed by atoms with Crippen molar-refractivity contribution in [3.8, 4) is 11.5 Å². The van der Waals surface area contributed by atoms with Gasteiger partial charge in [0, 0.05) is 18.1 Å². The topological polar surface area (TPSA) is 91.3 Å². The minimum absolute atomic E-state index is 0.0759. The first-order chi connectivity index (χ1) is 14.9. The molecule has 2 aromatic rings. The normalized spacial score (nSPS) is 22.5. The fourth-order valence-electron chi connectivity index (χ4n) is 3.97. The molecule has 166 valence electrons. The van der Waals surface area contributed by atoms with Crippen LogP contribution in [0.4, 0.5) is 0 Å². The third kappa shape index (κ3) is 5.30. The van der Waals surface area contributed by atoms with E-state index in [1.165, 1.54) is 0 Å². The quantitative estimate of drug-likeness (QED) is 0.561. The van der Waals surface area contributed by atoms with E-state index in [2.05, 4.69) is 5.32 Å². The molecule has 0 radical (unpaired) electrons. The lowest BCUT2D eigenvalue weighted by Gasteiger charge is -2.43. The van der Waals surface area contributed by atoms with Crippen molar-refractivity contribution in [3.63, 3.8) is 0 Å². The van der Waals surface area contributed by atoms with Crippen molar-refractivity contribution in [2.24, 2.45) is 0 Å². The molecule has 2 atom stereocenters. The van der Waals surface area contributed by atoms with Crippen LogP contribution in [-0.4, -0.2) is 65.7 Å². The van der Waals surface area contributed by atoms with E-state index in [0.29, 0.717) is 24.5 Å². The van der Waals surface area contributed by atoms with Crippen LogP contribution >= 0.6 is 11.6 Å². The minimum Gasteiger partial charge on any atom is -0.454 e. The number of rotatable bonds is 7. The van der Waals surface area contributed by atoms with Gasteiger partial charge in [-0.1, -0.05) is 29.8 Å². The first-order valence-electron chi connectivity index (χ1n) is 10.4. The molecule has 0 unspecified atom stereocenters. The van der Waals surface area contributed by atoms with Gasteiger partial charge in [-0.3, -0.25) is 4.79 Å². The third-order valence-corrected chi connectivity index (χ3v) is 6.09. The molecular formula is C23H27ClN2O5. The number of piperidine rings is 1. The van der Waals surface area contributed by atoms with Gasteiger partial charge in [0.1, 0.15) is 5.60 Å². The number of carbonyl (C=O) groups is 1. The standard InChI is InChI=1S/C23H27ClN2O5/c24-18-4-1-16(2-5-18)12-22(28)26-10-8-21(27)23(29,14-26)13-25-9-7-17-3-6-19-20(11-17)31-15-30-19/h1-6,11,21,25,27,29H,7-10,12-15H2/t21-,23+/m0/s1. The van der Waals surface area contributed by atoms with Crippen molar-refractivity contribution < 1.29 is 24.5 Å². The van der Waals surface area contributed by atoms with E-state index in [4.69, 9.17) is 21.1 Å². The Morgan fingerprint density at radius 3 is 2.71 bits per heavy atom. The van der Waals surface area contributed by atoms with E-state index in [1.54, 1.807) is 17.0 Å². The second-order valence-electron chi connectivity index (χ2n) is 8.14. The van der Waals surface area contributed by atoms with E-state index < -0.39 is 11.7 Å². The highest BCUT2D eigenvalue weighted by atomic mass is 35.5. The number of fused-ring (bicyclic) bond motifs is 1. The van der Waals surface area contributed by atoms with Crippen LogP contribution in [0.3, 0.4) is 0 Å². The summed E-state index contributed by atoms with van der Waals surface area (Å²) in [6.45, 7) is 1.58. The number of amides is 1. The number of ether oxygens (including phenoxy) is 2. The summed E-state index contributed by atoms with van der Waals surface area (Å²) in [7, 11) is 0. The van der Waals surface area contributed by atoms with Crippen molar-refractivity contribution >= 4 is 17.5 Å². The van der Waals surface area contributed by atoms with E-state index in [-0.39, 0.29) is 32.2 Å². The van der Waals surface area contributed by atoms with Crippen LogP contribution in [0.1, 0.15) is 17.5 Å². The Kier molecular flexibility index (Phi) is 6.67. The summed E-state index contributed by atoms with van der Waals surface area (Å²) in [6.07, 6.45) is 0.431. The van der Waals surface area contributed by atoms with Crippen LogP contribution in [0, 0.1) is 0 Å². The highest BCUT2D eigenvalue weighted by molar-refractivity contribution is 6.30. The number of β-amino-alcohol motifs (C(OH)–C–C–N with tert-alkyl or cyclic N) is 1. The summed E-state index contributed by atoms with van der Waals surface area (Å²) in [6, 6.07) is 13.0. The molecule has 2 aliphatic heterocycles. The van der Waals surface area contributed by atoms with E-state index in [1.807, 2.05) is 30.3 Å². The van der Waals surface area contributed by atoms with E-state index >= 15 is 0 Å². The van der Waals surface area contributed by atoms with Gasteiger partial charge in [-0.2, -0.15) is 0 Å². The fourth-order valence-corrected chi connectivity index (χ4v) is 4.10. The third-order valence-electron chi connectivity index (χ3n) is 5.84. The summed E-state index contributed by atoms with van der Waals surface area (Å²) in [4.78, 5) is 14.3. The number of benzene rings is 2. The van der Waals surface area contributed by atoms with Crippen LogP contribution in [0.5, 0.6) is 11.5 Å². The highest BCUT2D eigenvalue weighted by Gasteiger charge is 2.42. The Morgan fingerprint density at radius 1 is 1.16 bits per heavy atom. The van der Waals surface area contributed by atoms with Crippen LogP contribution < -0.4 is 14.8 Å². The number of carbonyl (C=O) groups excluding carboxylic acids is 1. The smallest absolute Gasteiger partial charge is 0.231 e. The van der Waals surface area contributed by atoms with Crippen LogP contribution in [-0.2, 0) is 17.6 Å². The molecule has 2 aromatic carbocycles. The number of nitrogens with one attached hydrogen (secondary N) is 1. The van der Waals surface area contributed by atoms with Gasteiger partial charge >= 0.3 is 0 Å². The molecule has 0 bridgehead atoms. The average molecular weight is 447 g/mol. The zero-order valence-electron chi connectivity index (χ0n) is 17.2. The predicted octanol–water partition coefficient (Wildman–Crippen LogP) is 1.77. The van der Waals surface area contributed by atoms with Gasteiger partial charge in [-0.25, -0.2) is 0 Å². The van der Waals surface area contributed by atoms with Gasteiger partial charge in [0.15, 0.2) is 11.5 Å². The number of likely N-dealkylation sites (tertiary alicyclic amines) is 1. The molecule has 0 aliphatic carbocycles. The molecule has 3 N–H and O–H groups in total. The number of halogens is 1. The van der Waals surface area contributed by atoms with Gasteiger partial charge in [0.25, 0.3) is 0 Å². The number of aliphatic hydroxyl groups is 2. The fraction of sp³-hybridized carbons (Fsp3) is 0.435. The number of hydrogen-bond acceptors (Lipinski definition) is 6. The maximum absolute atomic E-state index is 12.7. The summed E-state index contributed by atoms with van der Waals surface area (Å²) in [5.74, 6) is 1.42. The zero-order chi connectivity index (χ0) is 21.8. The van der Waals surface area contributed by atoms with Crippen LogP contribution in [0.2, 0.25) is 5.02 Å². The van der Waals surface area contributed by atoms with Crippen LogP contribution in [0.25, 0.3) is 0 Å². The van der Waals surface area contributed by atoms with E-state index in [0.717, 1.165) is 29.0 Å². The van der Waals surface area contributed by atoms with Gasteiger partial charge in [0.05, 0.1) is 19.1 Å². The molecule has 0 saturated carbocycles. The molecule has 0 spiro atoms. The Balaban J connectivity index is 1.28. The molecule has 2 heterocycles. The molecule has 0 aromatic heterocycles. The molecule has 1 fully saturated rings. The van der Waals surface area contributed by atoms with Gasteiger partial charge < -0.3 is 29.9 Å². The SMILES string of the molecule is O=C(Cc1ccc(Cl)cc1)N1CC[C@H](O)[C@@](O)(CNCCc2ccc3c(c2)OCO3)C1. The monoisotopic (exact) mass is 446 g/mol. The number of aliphatic hydroxyl groups excluding tert-OH is 1. The van der Waals surface area contributed by atoms with Gasteiger partial charge in [-0.15, -0.1) is 0 Å². The molecular weight excluding hydrogens is 420 g/mol. The van der Waals surface area contributed by atoms with Crippen molar-refractivity contribution in [1.82, 2.24) is 10.2 Å².